The van der Waals surface area contributed by atoms with Gasteiger partial charge in [0.1, 0.15) is 0 Å². The summed E-state index contributed by atoms with van der Waals surface area (Å²) in [6.07, 6.45) is 4.91. The standard InChI is InChI=1S/C17H14BrNO2S/c18-16-10-8-14(22-16)7-9-15(20)12-3-5-13(6-4-12)19-11-1-2-17(19)21/h3-10H,1-2,11H2/b9-7+. The van der Waals surface area contributed by atoms with E-state index in [1.165, 1.54) is 0 Å². The Balaban J connectivity index is 1.71. The Kier molecular flexibility index (Phi) is 4.55. The van der Waals surface area contributed by atoms with E-state index in [1.807, 2.05) is 30.3 Å². The van der Waals surface area contributed by atoms with Crippen molar-refractivity contribution < 1.29 is 9.59 Å². The topological polar surface area (TPSA) is 37.4 Å². The number of nitrogens with zero attached hydrogens (tertiary/aromatic N) is 1. The van der Waals surface area contributed by atoms with Crippen LogP contribution in [-0.2, 0) is 4.79 Å². The zero-order valence-corrected chi connectivity index (χ0v) is 14.2. The normalized spacial score (nSPS) is 15.0. The second-order valence-electron chi connectivity index (χ2n) is 5.04. The lowest BCUT2D eigenvalue weighted by molar-refractivity contribution is -0.117. The molecule has 1 aromatic carbocycles. The van der Waals surface area contributed by atoms with Crippen molar-refractivity contribution in [2.24, 2.45) is 0 Å². The van der Waals surface area contributed by atoms with Crippen LogP contribution < -0.4 is 4.90 Å². The first-order valence-electron chi connectivity index (χ1n) is 7.02. The molecule has 0 bridgehead atoms. The van der Waals surface area contributed by atoms with Crippen LogP contribution in [0.2, 0.25) is 0 Å². The van der Waals surface area contributed by atoms with E-state index < -0.39 is 0 Å². The SMILES string of the molecule is O=C(/C=C/c1ccc(Br)s1)c1ccc(N2CCCC2=O)cc1. The number of hydrogen-bond acceptors (Lipinski definition) is 3. The lowest BCUT2D eigenvalue weighted by atomic mass is 10.1. The number of hydrogen-bond donors (Lipinski definition) is 0. The molecule has 1 saturated heterocycles. The first-order chi connectivity index (χ1) is 10.6. The highest BCUT2D eigenvalue weighted by molar-refractivity contribution is 9.11. The summed E-state index contributed by atoms with van der Waals surface area (Å²) in [4.78, 5) is 26.6. The molecule has 1 aliphatic heterocycles. The van der Waals surface area contributed by atoms with Gasteiger partial charge in [-0.25, -0.2) is 0 Å². The summed E-state index contributed by atoms with van der Waals surface area (Å²) in [5.74, 6) is 0.117. The van der Waals surface area contributed by atoms with E-state index in [9.17, 15) is 9.59 Å². The number of carbonyl (C=O) groups is 2. The summed E-state index contributed by atoms with van der Waals surface area (Å²) >= 11 is 4.97. The number of rotatable bonds is 4. The number of halogens is 1. The molecule has 0 spiro atoms. The Morgan fingerprint density at radius 3 is 2.55 bits per heavy atom. The van der Waals surface area contributed by atoms with E-state index in [-0.39, 0.29) is 11.7 Å². The number of carbonyl (C=O) groups excluding carboxylic acids is 2. The molecule has 0 unspecified atom stereocenters. The largest absolute Gasteiger partial charge is 0.312 e. The molecule has 1 aromatic heterocycles. The highest BCUT2D eigenvalue weighted by Gasteiger charge is 2.21. The van der Waals surface area contributed by atoms with E-state index in [2.05, 4.69) is 15.9 Å². The summed E-state index contributed by atoms with van der Waals surface area (Å²) in [6, 6.07) is 11.1. The third-order valence-electron chi connectivity index (χ3n) is 3.53. The number of ketones is 1. The number of amides is 1. The van der Waals surface area contributed by atoms with Gasteiger partial charge in [0, 0.05) is 29.1 Å². The van der Waals surface area contributed by atoms with Crippen LogP contribution in [-0.4, -0.2) is 18.2 Å². The number of anilines is 1. The van der Waals surface area contributed by atoms with Gasteiger partial charge in [-0.15, -0.1) is 11.3 Å². The Hall–Kier alpha value is -1.72. The fraction of sp³-hybridized carbons (Fsp3) is 0.176. The van der Waals surface area contributed by atoms with Crippen molar-refractivity contribution in [3.8, 4) is 0 Å². The van der Waals surface area contributed by atoms with Crippen LogP contribution in [0.15, 0.2) is 46.3 Å². The number of thiophene rings is 1. The Bertz CT molecular complexity index is 733. The maximum atomic E-state index is 12.1. The molecule has 3 rings (SSSR count). The minimum atomic E-state index is -0.0381. The monoisotopic (exact) mass is 375 g/mol. The molecule has 0 aliphatic carbocycles. The van der Waals surface area contributed by atoms with Crippen molar-refractivity contribution in [3.05, 3.63) is 56.7 Å². The quantitative estimate of drug-likeness (QED) is 0.581. The molecule has 2 heterocycles. The highest BCUT2D eigenvalue weighted by Crippen LogP contribution is 2.24. The van der Waals surface area contributed by atoms with Crippen LogP contribution in [0.4, 0.5) is 5.69 Å². The molecule has 0 N–H and O–H groups in total. The fourth-order valence-corrected chi connectivity index (χ4v) is 3.73. The van der Waals surface area contributed by atoms with Gasteiger partial charge in [-0.05, 0) is 70.9 Å². The van der Waals surface area contributed by atoms with Crippen molar-refractivity contribution >= 4 is 50.7 Å². The second-order valence-corrected chi connectivity index (χ2v) is 7.53. The summed E-state index contributed by atoms with van der Waals surface area (Å²) in [7, 11) is 0. The number of benzene rings is 1. The van der Waals surface area contributed by atoms with Crippen molar-refractivity contribution in [1.29, 1.82) is 0 Å². The van der Waals surface area contributed by atoms with Gasteiger partial charge in [0.2, 0.25) is 5.91 Å². The molecule has 0 atom stereocenters. The molecule has 0 saturated carbocycles. The van der Waals surface area contributed by atoms with Crippen LogP contribution in [0.1, 0.15) is 28.1 Å². The summed E-state index contributed by atoms with van der Waals surface area (Å²) in [5, 5.41) is 0. The molecule has 112 valence electrons. The van der Waals surface area contributed by atoms with Gasteiger partial charge in [-0.3, -0.25) is 9.59 Å². The van der Waals surface area contributed by atoms with Crippen LogP contribution in [0.25, 0.3) is 6.08 Å². The van der Waals surface area contributed by atoms with Gasteiger partial charge in [0.25, 0.3) is 0 Å². The zero-order valence-electron chi connectivity index (χ0n) is 11.8. The summed E-state index contributed by atoms with van der Waals surface area (Å²) in [5.41, 5.74) is 1.49. The van der Waals surface area contributed by atoms with Crippen molar-refractivity contribution in [3.63, 3.8) is 0 Å². The number of allylic oxidation sites excluding steroid dienone is 1. The van der Waals surface area contributed by atoms with Gasteiger partial charge >= 0.3 is 0 Å². The predicted molar refractivity (Wildman–Crippen MR) is 93.4 cm³/mol. The molecule has 1 amide bonds. The van der Waals surface area contributed by atoms with E-state index in [1.54, 1.807) is 34.4 Å². The molecule has 3 nitrogen and oxygen atoms in total. The average molecular weight is 376 g/mol. The van der Waals surface area contributed by atoms with Crippen LogP contribution in [0.5, 0.6) is 0 Å². The van der Waals surface area contributed by atoms with E-state index in [4.69, 9.17) is 0 Å². The zero-order chi connectivity index (χ0) is 15.5. The first kappa shape index (κ1) is 15.2. The van der Waals surface area contributed by atoms with E-state index >= 15 is 0 Å². The maximum Gasteiger partial charge on any atom is 0.227 e. The van der Waals surface area contributed by atoms with Gasteiger partial charge in [-0.2, -0.15) is 0 Å². The Morgan fingerprint density at radius 2 is 1.95 bits per heavy atom. The molecule has 2 aromatic rings. The van der Waals surface area contributed by atoms with Crippen LogP contribution in [0, 0.1) is 0 Å². The van der Waals surface area contributed by atoms with Crippen LogP contribution >= 0.6 is 27.3 Å². The molecule has 1 fully saturated rings. The molecule has 22 heavy (non-hydrogen) atoms. The smallest absolute Gasteiger partial charge is 0.227 e. The molecule has 1 aliphatic rings. The fourth-order valence-electron chi connectivity index (χ4n) is 2.40. The van der Waals surface area contributed by atoms with Crippen molar-refractivity contribution in [2.75, 3.05) is 11.4 Å². The summed E-state index contributed by atoms with van der Waals surface area (Å²) in [6.45, 7) is 0.763. The predicted octanol–water partition coefficient (Wildman–Crippen LogP) is 4.53. The molecule has 5 heteroatoms. The first-order valence-corrected chi connectivity index (χ1v) is 8.62. The van der Waals surface area contributed by atoms with E-state index in [0.717, 1.165) is 27.3 Å². The third kappa shape index (κ3) is 3.36. The van der Waals surface area contributed by atoms with Gasteiger partial charge in [0.05, 0.1) is 3.79 Å². The Labute approximate surface area is 141 Å². The highest BCUT2D eigenvalue weighted by atomic mass is 79.9. The van der Waals surface area contributed by atoms with Gasteiger partial charge < -0.3 is 4.90 Å². The Morgan fingerprint density at radius 1 is 1.18 bits per heavy atom. The summed E-state index contributed by atoms with van der Waals surface area (Å²) < 4.78 is 1.04. The lowest BCUT2D eigenvalue weighted by Gasteiger charge is -2.15. The maximum absolute atomic E-state index is 12.1. The van der Waals surface area contributed by atoms with Gasteiger partial charge in [0.15, 0.2) is 5.78 Å². The van der Waals surface area contributed by atoms with Crippen LogP contribution in [0.3, 0.4) is 0 Å². The van der Waals surface area contributed by atoms with Crippen molar-refractivity contribution in [2.45, 2.75) is 12.8 Å². The third-order valence-corrected chi connectivity index (χ3v) is 5.12. The van der Waals surface area contributed by atoms with Crippen molar-refractivity contribution in [1.82, 2.24) is 0 Å². The van der Waals surface area contributed by atoms with E-state index in [0.29, 0.717) is 12.0 Å². The molecular formula is C17H14BrNO2S. The minimum absolute atomic E-state index is 0.0381. The molecule has 0 radical (unpaired) electrons. The lowest BCUT2D eigenvalue weighted by Crippen LogP contribution is -2.23. The minimum Gasteiger partial charge on any atom is -0.312 e. The van der Waals surface area contributed by atoms with Gasteiger partial charge in [-0.1, -0.05) is 0 Å². The molecular weight excluding hydrogens is 362 g/mol. The average Bonchev–Trinajstić information content (AvgIpc) is 3.13. The second kappa shape index (κ2) is 6.58.